The van der Waals surface area contributed by atoms with Crippen molar-refractivity contribution in [2.45, 2.75) is 16.0 Å². The summed E-state index contributed by atoms with van der Waals surface area (Å²) >= 11 is 2.02. The van der Waals surface area contributed by atoms with Crippen molar-refractivity contribution < 1.29 is 22.8 Å². The summed E-state index contributed by atoms with van der Waals surface area (Å²) in [6, 6.07) is 13.6. The molecule has 2 aromatic rings. The fourth-order valence-electron chi connectivity index (χ4n) is 2.52. The molecule has 2 aromatic carbocycles. The first-order chi connectivity index (χ1) is 12.8. The van der Waals surface area contributed by atoms with Crippen LogP contribution in [0.25, 0.3) is 0 Å². The number of fused-ring (bicyclic) bond motifs is 1. The van der Waals surface area contributed by atoms with Gasteiger partial charge in [0.1, 0.15) is 6.54 Å². The molecule has 0 spiro atoms. The molecule has 0 aliphatic carbocycles. The van der Waals surface area contributed by atoms with Gasteiger partial charge in [-0.3, -0.25) is 9.59 Å². The minimum Gasteiger partial charge on any atom is -0.324 e. The predicted molar refractivity (Wildman–Crippen MR) is 101 cm³/mol. The van der Waals surface area contributed by atoms with E-state index in [0.29, 0.717) is 28.0 Å². The van der Waals surface area contributed by atoms with Gasteiger partial charge >= 0.3 is 6.18 Å². The normalized spacial score (nSPS) is 14.0. The first-order valence-corrected chi connectivity index (χ1v) is 9.91. The zero-order valence-corrected chi connectivity index (χ0v) is 15.6. The minimum absolute atomic E-state index is 0.186. The van der Waals surface area contributed by atoms with Crippen molar-refractivity contribution in [2.75, 3.05) is 28.3 Å². The number of nitrogens with zero attached hydrogens (tertiary/aromatic N) is 1. The number of para-hydroxylation sites is 2. The van der Waals surface area contributed by atoms with Crippen LogP contribution in [-0.4, -0.2) is 36.0 Å². The third-order valence-corrected chi connectivity index (χ3v) is 5.85. The summed E-state index contributed by atoms with van der Waals surface area (Å²) in [6.07, 6.45) is -4.30. The third kappa shape index (κ3) is 5.20. The Labute approximate surface area is 162 Å². The molecule has 1 aliphatic heterocycles. The van der Waals surface area contributed by atoms with Crippen LogP contribution in [0.15, 0.2) is 58.3 Å². The van der Waals surface area contributed by atoms with Gasteiger partial charge in [-0.25, -0.2) is 0 Å². The van der Waals surface area contributed by atoms with E-state index < -0.39 is 17.8 Å². The molecule has 4 nitrogen and oxygen atoms in total. The number of anilines is 2. The SMILES string of the molecule is O=C(CN1C(=O)CSc2ccccc21)Nc1ccccc1SCC(F)(F)F. The van der Waals surface area contributed by atoms with Crippen LogP contribution in [0.4, 0.5) is 24.5 Å². The second-order valence-corrected chi connectivity index (χ2v) is 7.72. The Kier molecular flexibility index (Phi) is 6.01. The molecule has 2 amide bonds. The number of carbonyl (C=O) groups excluding carboxylic acids is 2. The van der Waals surface area contributed by atoms with E-state index in [1.54, 1.807) is 30.3 Å². The van der Waals surface area contributed by atoms with Gasteiger partial charge in [0, 0.05) is 9.79 Å². The van der Waals surface area contributed by atoms with Crippen molar-refractivity contribution in [2.24, 2.45) is 0 Å². The highest BCUT2D eigenvalue weighted by atomic mass is 32.2. The summed E-state index contributed by atoms with van der Waals surface area (Å²) in [5, 5.41) is 2.62. The number of halogens is 3. The van der Waals surface area contributed by atoms with Crippen molar-refractivity contribution in [3.63, 3.8) is 0 Å². The molecule has 1 heterocycles. The number of hydrogen-bond acceptors (Lipinski definition) is 4. The van der Waals surface area contributed by atoms with Crippen molar-refractivity contribution in [1.82, 2.24) is 0 Å². The molecule has 0 aromatic heterocycles. The van der Waals surface area contributed by atoms with E-state index in [9.17, 15) is 22.8 Å². The molecular weight excluding hydrogens is 397 g/mol. The summed E-state index contributed by atoms with van der Waals surface area (Å²) in [4.78, 5) is 27.3. The summed E-state index contributed by atoms with van der Waals surface area (Å²) < 4.78 is 37.4. The van der Waals surface area contributed by atoms with Crippen molar-refractivity contribution in [3.05, 3.63) is 48.5 Å². The molecule has 3 rings (SSSR count). The van der Waals surface area contributed by atoms with Crippen molar-refractivity contribution >= 4 is 46.7 Å². The average molecular weight is 412 g/mol. The Morgan fingerprint density at radius 3 is 2.63 bits per heavy atom. The van der Waals surface area contributed by atoms with Crippen LogP contribution in [0.3, 0.4) is 0 Å². The van der Waals surface area contributed by atoms with E-state index in [-0.39, 0.29) is 18.2 Å². The Morgan fingerprint density at radius 1 is 1.15 bits per heavy atom. The van der Waals surface area contributed by atoms with Crippen LogP contribution in [-0.2, 0) is 9.59 Å². The second kappa shape index (κ2) is 8.26. The Balaban J connectivity index is 1.71. The van der Waals surface area contributed by atoms with Gasteiger partial charge < -0.3 is 10.2 Å². The molecular formula is C18H15F3N2O2S2. The van der Waals surface area contributed by atoms with Gasteiger partial charge in [0.25, 0.3) is 0 Å². The Hall–Kier alpha value is -2.13. The molecule has 142 valence electrons. The quantitative estimate of drug-likeness (QED) is 0.739. The molecule has 1 aliphatic rings. The molecule has 0 radical (unpaired) electrons. The van der Waals surface area contributed by atoms with Crippen LogP contribution in [0.1, 0.15) is 0 Å². The Morgan fingerprint density at radius 2 is 1.85 bits per heavy atom. The average Bonchev–Trinajstić information content (AvgIpc) is 2.63. The van der Waals surface area contributed by atoms with Gasteiger partial charge in [-0.2, -0.15) is 13.2 Å². The van der Waals surface area contributed by atoms with E-state index in [1.165, 1.54) is 22.7 Å². The summed E-state index contributed by atoms with van der Waals surface area (Å²) in [7, 11) is 0. The molecule has 0 atom stereocenters. The molecule has 0 fully saturated rings. The first kappa shape index (κ1) is 19.6. The van der Waals surface area contributed by atoms with E-state index in [0.717, 1.165) is 4.90 Å². The lowest BCUT2D eigenvalue weighted by Gasteiger charge is -2.28. The van der Waals surface area contributed by atoms with Crippen LogP contribution < -0.4 is 10.2 Å². The van der Waals surface area contributed by atoms with Crippen LogP contribution in [0, 0.1) is 0 Å². The highest BCUT2D eigenvalue weighted by Gasteiger charge is 2.28. The van der Waals surface area contributed by atoms with E-state index >= 15 is 0 Å². The van der Waals surface area contributed by atoms with Gasteiger partial charge in [0.15, 0.2) is 0 Å². The van der Waals surface area contributed by atoms with Crippen LogP contribution >= 0.6 is 23.5 Å². The summed E-state index contributed by atoms with van der Waals surface area (Å²) in [5.41, 5.74) is 0.956. The first-order valence-electron chi connectivity index (χ1n) is 7.94. The van der Waals surface area contributed by atoms with Gasteiger partial charge in [-0.05, 0) is 24.3 Å². The molecule has 9 heteroatoms. The Bertz CT molecular complexity index is 858. The smallest absolute Gasteiger partial charge is 0.324 e. The number of nitrogens with one attached hydrogen (secondary N) is 1. The summed E-state index contributed by atoms with van der Waals surface area (Å²) in [6.45, 7) is -0.200. The van der Waals surface area contributed by atoms with E-state index in [1.807, 2.05) is 12.1 Å². The third-order valence-electron chi connectivity index (χ3n) is 3.66. The van der Waals surface area contributed by atoms with Gasteiger partial charge in [-0.15, -0.1) is 23.5 Å². The highest BCUT2D eigenvalue weighted by Crippen LogP contribution is 2.35. The zero-order valence-electron chi connectivity index (χ0n) is 14.0. The van der Waals surface area contributed by atoms with Crippen molar-refractivity contribution in [3.8, 4) is 0 Å². The number of benzene rings is 2. The zero-order chi connectivity index (χ0) is 19.4. The van der Waals surface area contributed by atoms with Crippen molar-refractivity contribution in [1.29, 1.82) is 0 Å². The monoisotopic (exact) mass is 412 g/mol. The number of alkyl halides is 3. The molecule has 0 bridgehead atoms. The predicted octanol–water partition coefficient (Wildman–Crippen LogP) is 4.42. The standard InChI is InChI=1S/C18H15F3N2O2S2/c19-18(20,21)11-27-14-7-3-1-5-12(14)22-16(24)9-23-13-6-2-4-8-15(13)26-10-17(23)25/h1-8H,9-11H2,(H,22,24). The lowest BCUT2D eigenvalue weighted by atomic mass is 10.2. The highest BCUT2D eigenvalue weighted by molar-refractivity contribution is 8.00. The number of thioether (sulfide) groups is 2. The van der Waals surface area contributed by atoms with Crippen LogP contribution in [0.2, 0.25) is 0 Å². The maximum Gasteiger partial charge on any atom is 0.398 e. The molecule has 27 heavy (non-hydrogen) atoms. The van der Waals surface area contributed by atoms with E-state index in [2.05, 4.69) is 5.32 Å². The number of hydrogen-bond donors (Lipinski definition) is 1. The fraction of sp³-hybridized carbons (Fsp3) is 0.222. The van der Waals surface area contributed by atoms with Gasteiger partial charge in [0.05, 0.1) is 22.9 Å². The van der Waals surface area contributed by atoms with Gasteiger partial charge in [-0.1, -0.05) is 24.3 Å². The largest absolute Gasteiger partial charge is 0.398 e. The number of amides is 2. The molecule has 0 saturated heterocycles. The fourth-order valence-corrected chi connectivity index (χ4v) is 4.22. The molecule has 1 N–H and O–H groups in total. The van der Waals surface area contributed by atoms with Gasteiger partial charge in [0.2, 0.25) is 11.8 Å². The second-order valence-electron chi connectivity index (χ2n) is 5.68. The lowest BCUT2D eigenvalue weighted by molar-refractivity contribution is -0.120. The number of rotatable bonds is 5. The lowest BCUT2D eigenvalue weighted by Crippen LogP contribution is -2.41. The maximum atomic E-state index is 12.5. The summed E-state index contributed by atoms with van der Waals surface area (Å²) in [5.74, 6) is -1.46. The maximum absolute atomic E-state index is 12.5. The molecule has 0 saturated carbocycles. The van der Waals surface area contributed by atoms with E-state index in [4.69, 9.17) is 0 Å². The topological polar surface area (TPSA) is 49.4 Å². The molecule has 0 unspecified atom stereocenters. The number of carbonyl (C=O) groups is 2. The minimum atomic E-state index is -4.30. The van der Waals surface area contributed by atoms with Crippen LogP contribution in [0.5, 0.6) is 0 Å².